The van der Waals surface area contributed by atoms with E-state index in [0.29, 0.717) is 13.1 Å². The molecule has 6 nitrogen and oxygen atoms in total. The summed E-state index contributed by atoms with van der Waals surface area (Å²) in [6.07, 6.45) is 1.12. The second-order valence-electron chi connectivity index (χ2n) is 4.46. The fourth-order valence-corrected chi connectivity index (χ4v) is 1.96. The minimum Gasteiger partial charge on any atom is -0.353 e. The number of likely N-dealkylation sites (N-methyl/N-ethyl adjacent to an activating group) is 1. The van der Waals surface area contributed by atoms with Crippen molar-refractivity contribution in [1.29, 1.82) is 0 Å². The summed E-state index contributed by atoms with van der Waals surface area (Å²) in [5, 5.41) is 8.48. The molecule has 18 heavy (non-hydrogen) atoms. The molecule has 1 aliphatic heterocycles. The van der Waals surface area contributed by atoms with Gasteiger partial charge in [0.05, 0.1) is 6.54 Å². The van der Waals surface area contributed by atoms with Gasteiger partial charge < -0.3 is 15.5 Å². The molecule has 3 N–H and O–H groups in total. The van der Waals surface area contributed by atoms with Crippen molar-refractivity contribution in [3.63, 3.8) is 0 Å². The summed E-state index contributed by atoms with van der Waals surface area (Å²) in [5.74, 6) is -0.0956. The first kappa shape index (κ1) is 14.9. The SMILES string of the molecule is CCCN(CC)CCNC(=O)C1CNC(=O)CN1. The molecule has 2 amide bonds. The van der Waals surface area contributed by atoms with Crippen LogP contribution >= 0.6 is 0 Å². The molecule has 0 saturated carbocycles. The van der Waals surface area contributed by atoms with E-state index in [2.05, 4.69) is 34.7 Å². The standard InChI is InChI=1S/C12H24N4O2/c1-3-6-16(4-2)7-5-13-12(18)10-8-15-11(17)9-14-10/h10,14H,3-9H2,1-2H3,(H,13,18)(H,15,17). The smallest absolute Gasteiger partial charge is 0.239 e. The van der Waals surface area contributed by atoms with E-state index in [1.165, 1.54) is 0 Å². The van der Waals surface area contributed by atoms with E-state index >= 15 is 0 Å². The average molecular weight is 256 g/mol. The van der Waals surface area contributed by atoms with E-state index in [4.69, 9.17) is 0 Å². The highest BCUT2D eigenvalue weighted by atomic mass is 16.2. The zero-order chi connectivity index (χ0) is 13.4. The molecule has 104 valence electrons. The van der Waals surface area contributed by atoms with Gasteiger partial charge in [0.2, 0.25) is 11.8 Å². The van der Waals surface area contributed by atoms with Crippen LogP contribution in [0.4, 0.5) is 0 Å². The van der Waals surface area contributed by atoms with Gasteiger partial charge in [0.1, 0.15) is 6.04 Å². The summed E-state index contributed by atoms with van der Waals surface area (Å²) in [7, 11) is 0. The molecule has 1 saturated heterocycles. The van der Waals surface area contributed by atoms with E-state index < -0.39 is 0 Å². The summed E-state index contributed by atoms with van der Waals surface area (Å²) in [6.45, 7) is 8.44. The van der Waals surface area contributed by atoms with Crippen LogP contribution in [0.2, 0.25) is 0 Å². The third-order valence-corrected chi connectivity index (χ3v) is 3.04. The summed E-state index contributed by atoms with van der Waals surface area (Å²) in [5.41, 5.74) is 0. The van der Waals surface area contributed by atoms with Crippen LogP contribution < -0.4 is 16.0 Å². The number of hydrogen-bond donors (Lipinski definition) is 3. The van der Waals surface area contributed by atoms with Crippen molar-refractivity contribution in [2.75, 3.05) is 39.3 Å². The largest absolute Gasteiger partial charge is 0.353 e. The number of carbonyl (C=O) groups is 2. The Bertz CT molecular complexity index is 273. The third-order valence-electron chi connectivity index (χ3n) is 3.04. The van der Waals surface area contributed by atoms with Gasteiger partial charge in [-0.2, -0.15) is 0 Å². The molecule has 1 fully saturated rings. The zero-order valence-corrected chi connectivity index (χ0v) is 11.3. The van der Waals surface area contributed by atoms with Crippen molar-refractivity contribution in [1.82, 2.24) is 20.9 Å². The van der Waals surface area contributed by atoms with E-state index in [9.17, 15) is 9.59 Å². The molecule has 1 atom stereocenters. The molecule has 0 spiro atoms. The molecule has 1 unspecified atom stereocenters. The summed E-state index contributed by atoms with van der Waals surface area (Å²) in [6, 6.07) is -0.302. The van der Waals surface area contributed by atoms with Crippen LogP contribution in [0, 0.1) is 0 Å². The second-order valence-corrected chi connectivity index (χ2v) is 4.46. The highest BCUT2D eigenvalue weighted by Crippen LogP contribution is 1.91. The maximum atomic E-state index is 11.8. The lowest BCUT2D eigenvalue weighted by Crippen LogP contribution is -2.58. The second kappa shape index (κ2) is 8.05. The van der Waals surface area contributed by atoms with Crippen LogP contribution in [-0.2, 0) is 9.59 Å². The van der Waals surface area contributed by atoms with Gasteiger partial charge in [0, 0.05) is 19.6 Å². The van der Waals surface area contributed by atoms with Crippen molar-refractivity contribution in [3.8, 4) is 0 Å². The predicted octanol–water partition coefficient (Wildman–Crippen LogP) is -1.08. The summed E-state index contributed by atoms with van der Waals surface area (Å²) >= 11 is 0. The zero-order valence-electron chi connectivity index (χ0n) is 11.3. The van der Waals surface area contributed by atoms with Crippen molar-refractivity contribution < 1.29 is 9.59 Å². The maximum Gasteiger partial charge on any atom is 0.239 e. The Kier molecular flexibility index (Phi) is 6.67. The number of piperazine rings is 1. The van der Waals surface area contributed by atoms with Gasteiger partial charge in [-0.3, -0.25) is 14.9 Å². The highest BCUT2D eigenvalue weighted by molar-refractivity contribution is 5.86. The first-order valence-corrected chi connectivity index (χ1v) is 6.67. The number of nitrogens with zero attached hydrogens (tertiary/aromatic N) is 1. The Morgan fingerprint density at radius 1 is 1.44 bits per heavy atom. The van der Waals surface area contributed by atoms with Gasteiger partial charge in [-0.15, -0.1) is 0 Å². The average Bonchev–Trinajstić information content (AvgIpc) is 2.38. The highest BCUT2D eigenvalue weighted by Gasteiger charge is 2.23. The van der Waals surface area contributed by atoms with Gasteiger partial charge in [-0.1, -0.05) is 13.8 Å². The quantitative estimate of drug-likeness (QED) is 0.542. The Morgan fingerprint density at radius 3 is 2.78 bits per heavy atom. The van der Waals surface area contributed by atoms with Crippen LogP contribution in [0.15, 0.2) is 0 Å². The molecule has 0 bridgehead atoms. The lowest BCUT2D eigenvalue weighted by molar-refractivity contribution is -0.126. The first-order valence-electron chi connectivity index (χ1n) is 6.67. The molecular weight excluding hydrogens is 232 g/mol. The minimum atomic E-state index is -0.302. The number of amides is 2. The fraction of sp³-hybridized carbons (Fsp3) is 0.833. The molecule has 0 aromatic carbocycles. The minimum absolute atomic E-state index is 0.0393. The van der Waals surface area contributed by atoms with Crippen LogP contribution in [0.1, 0.15) is 20.3 Å². The third kappa shape index (κ3) is 5.01. The number of hydrogen-bond acceptors (Lipinski definition) is 4. The Balaban J connectivity index is 2.18. The number of rotatable bonds is 7. The first-order chi connectivity index (χ1) is 8.67. The van der Waals surface area contributed by atoms with Crippen LogP contribution in [0.5, 0.6) is 0 Å². The molecule has 1 aliphatic rings. The normalized spacial score (nSPS) is 19.7. The van der Waals surface area contributed by atoms with Crippen LogP contribution in [0.25, 0.3) is 0 Å². The molecule has 0 aromatic heterocycles. The Morgan fingerprint density at radius 2 is 2.22 bits per heavy atom. The van der Waals surface area contributed by atoms with Crippen molar-refractivity contribution in [2.45, 2.75) is 26.3 Å². The molecule has 1 heterocycles. The van der Waals surface area contributed by atoms with Gasteiger partial charge in [-0.05, 0) is 19.5 Å². The Hall–Kier alpha value is -1.14. The van der Waals surface area contributed by atoms with Crippen molar-refractivity contribution in [3.05, 3.63) is 0 Å². The van der Waals surface area contributed by atoms with Gasteiger partial charge in [-0.25, -0.2) is 0 Å². The van der Waals surface area contributed by atoms with Crippen molar-refractivity contribution in [2.24, 2.45) is 0 Å². The molecule has 6 heteroatoms. The lowest BCUT2D eigenvalue weighted by Gasteiger charge is -2.24. The fourth-order valence-electron chi connectivity index (χ4n) is 1.96. The van der Waals surface area contributed by atoms with Crippen LogP contribution in [-0.4, -0.2) is 62.0 Å². The van der Waals surface area contributed by atoms with Gasteiger partial charge in [0.15, 0.2) is 0 Å². The van der Waals surface area contributed by atoms with Crippen molar-refractivity contribution >= 4 is 11.8 Å². The predicted molar refractivity (Wildman–Crippen MR) is 70.2 cm³/mol. The molecule has 0 aliphatic carbocycles. The Labute approximate surface area is 108 Å². The summed E-state index contributed by atoms with van der Waals surface area (Å²) < 4.78 is 0. The van der Waals surface area contributed by atoms with E-state index in [-0.39, 0.29) is 24.4 Å². The maximum absolute atomic E-state index is 11.8. The van der Waals surface area contributed by atoms with Gasteiger partial charge in [0.25, 0.3) is 0 Å². The van der Waals surface area contributed by atoms with E-state index in [0.717, 1.165) is 26.1 Å². The molecule has 0 aromatic rings. The number of carbonyl (C=O) groups excluding carboxylic acids is 2. The molecule has 0 radical (unpaired) electrons. The lowest BCUT2D eigenvalue weighted by atomic mass is 10.2. The number of nitrogens with one attached hydrogen (secondary N) is 3. The van der Waals surface area contributed by atoms with Crippen LogP contribution in [0.3, 0.4) is 0 Å². The van der Waals surface area contributed by atoms with Gasteiger partial charge >= 0.3 is 0 Å². The summed E-state index contributed by atoms with van der Waals surface area (Å²) in [4.78, 5) is 25.0. The van der Waals surface area contributed by atoms with E-state index in [1.807, 2.05) is 0 Å². The van der Waals surface area contributed by atoms with E-state index in [1.54, 1.807) is 0 Å². The molecular formula is C12H24N4O2. The molecule has 1 rings (SSSR count). The monoisotopic (exact) mass is 256 g/mol. The topological polar surface area (TPSA) is 73.5 Å².